The first-order valence-corrected chi connectivity index (χ1v) is 8.60. The average Bonchev–Trinajstić information content (AvgIpc) is 3.15. The zero-order valence-corrected chi connectivity index (χ0v) is 13.9. The molecule has 0 aliphatic heterocycles. The molecule has 3 rings (SSSR count). The van der Waals surface area contributed by atoms with Crippen molar-refractivity contribution in [3.8, 4) is 0 Å². The molecule has 5 atom stereocenters. The van der Waals surface area contributed by atoms with E-state index in [1.54, 1.807) is 0 Å². The van der Waals surface area contributed by atoms with Gasteiger partial charge < -0.3 is 9.84 Å². The van der Waals surface area contributed by atoms with Gasteiger partial charge in [-0.15, -0.1) is 0 Å². The molecule has 0 unspecified atom stereocenters. The Morgan fingerprint density at radius 3 is 2.33 bits per heavy atom. The van der Waals surface area contributed by atoms with Gasteiger partial charge >= 0.3 is 5.97 Å². The number of rotatable bonds is 2. The fourth-order valence-electron chi connectivity index (χ4n) is 5.10. The highest BCUT2D eigenvalue weighted by Gasteiger charge is 2.61. The van der Waals surface area contributed by atoms with E-state index in [4.69, 9.17) is 4.74 Å². The van der Waals surface area contributed by atoms with Crippen molar-refractivity contribution in [1.82, 2.24) is 0 Å². The zero-order valence-electron chi connectivity index (χ0n) is 13.9. The number of fused-ring (bicyclic) bond motifs is 1. The number of esters is 1. The van der Waals surface area contributed by atoms with Gasteiger partial charge in [0.25, 0.3) is 0 Å². The van der Waals surface area contributed by atoms with Crippen LogP contribution in [0.15, 0.2) is 0 Å². The Kier molecular flexibility index (Phi) is 3.44. The molecule has 0 spiro atoms. The molecule has 1 N–H and O–H groups in total. The zero-order chi connectivity index (χ0) is 15.5. The fourth-order valence-corrected chi connectivity index (χ4v) is 5.10. The highest BCUT2D eigenvalue weighted by molar-refractivity contribution is 5.66. The van der Waals surface area contributed by atoms with Crippen LogP contribution in [0, 0.1) is 22.7 Å². The second-order valence-corrected chi connectivity index (χ2v) is 8.55. The lowest BCUT2D eigenvalue weighted by molar-refractivity contribution is -0.218. The first-order chi connectivity index (χ1) is 9.70. The maximum Gasteiger partial charge on any atom is 0.302 e. The summed E-state index contributed by atoms with van der Waals surface area (Å²) in [6, 6.07) is 0. The summed E-state index contributed by atoms with van der Waals surface area (Å²) in [6.07, 6.45) is 7.61. The Labute approximate surface area is 128 Å². The Hall–Kier alpha value is -0.570. The molecule has 3 aliphatic rings. The van der Waals surface area contributed by atoms with Crippen molar-refractivity contribution >= 4 is 5.97 Å². The van der Waals surface area contributed by atoms with Gasteiger partial charge in [-0.2, -0.15) is 0 Å². The minimum absolute atomic E-state index is 0.00911. The number of carbonyl (C=O) groups excluding carboxylic acids is 1. The van der Waals surface area contributed by atoms with Crippen LogP contribution in [0.25, 0.3) is 0 Å². The van der Waals surface area contributed by atoms with Crippen LogP contribution in [-0.4, -0.2) is 22.8 Å². The lowest BCUT2D eigenvalue weighted by Gasteiger charge is -2.59. The van der Waals surface area contributed by atoms with Crippen molar-refractivity contribution in [2.24, 2.45) is 22.7 Å². The summed E-state index contributed by atoms with van der Waals surface area (Å²) in [6.45, 7) is 8.18. The second-order valence-electron chi connectivity index (χ2n) is 8.55. The topological polar surface area (TPSA) is 46.5 Å². The molecule has 0 aromatic carbocycles. The Balaban J connectivity index is 1.83. The number of aliphatic hydroxyl groups is 1. The molecule has 3 heteroatoms. The Morgan fingerprint density at radius 1 is 1.14 bits per heavy atom. The van der Waals surface area contributed by atoms with Gasteiger partial charge in [-0.25, -0.2) is 0 Å². The van der Waals surface area contributed by atoms with Crippen LogP contribution in [0.3, 0.4) is 0 Å². The Morgan fingerprint density at radius 2 is 1.76 bits per heavy atom. The lowest BCUT2D eigenvalue weighted by Crippen LogP contribution is -2.62. The van der Waals surface area contributed by atoms with E-state index in [-0.39, 0.29) is 23.4 Å². The lowest BCUT2D eigenvalue weighted by atomic mass is 9.50. The normalized spacial score (nSPS) is 48.3. The molecule has 120 valence electrons. The monoisotopic (exact) mass is 294 g/mol. The van der Waals surface area contributed by atoms with Gasteiger partial charge in [-0.3, -0.25) is 4.79 Å². The molecule has 0 bridgehead atoms. The number of carbonyl (C=O) groups is 1. The highest BCUT2D eigenvalue weighted by Crippen LogP contribution is 2.64. The van der Waals surface area contributed by atoms with E-state index in [2.05, 4.69) is 20.8 Å². The van der Waals surface area contributed by atoms with Gasteiger partial charge in [0, 0.05) is 12.8 Å². The fraction of sp³-hybridized carbons (Fsp3) is 0.944. The molecule has 3 saturated carbocycles. The molecule has 0 aromatic heterocycles. The molecule has 0 radical (unpaired) electrons. The largest absolute Gasteiger partial charge is 0.462 e. The van der Waals surface area contributed by atoms with Crippen LogP contribution in [0.2, 0.25) is 0 Å². The molecular formula is C18H30O3. The van der Waals surface area contributed by atoms with E-state index in [0.717, 1.165) is 25.7 Å². The SMILES string of the molecule is CC(=O)O[C@@H]1CC[C@@]2(C)CC[C@@H](C3(C)CC3)C[C@@]2(O)[C@H]1C. The van der Waals surface area contributed by atoms with Gasteiger partial charge in [-0.05, 0) is 61.7 Å². The van der Waals surface area contributed by atoms with E-state index in [1.165, 1.54) is 26.2 Å². The maximum absolute atomic E-state index is 11.6. The molecule has 21 heavy (non-hydrogen) atoms. The molecule has 0 aromatic rings. The highest BCUT2D eigenvalue weighted by atomic mass is 16.5. The molecule has 3 nitrogen and oxygen atoms in total. The quantitative estimate of drug-likeness (QED) is 0.790. The van der Waals surface area contributed by atoms with E-state index >= 15 is 0 Å². The van der Waals surface area contributed by atoms with Crippen LogP contribution < -0.4 is 0 Å². The summed E-state index contributed by atoms with van der Waals surface area (Å²) in [4.78, 5) is 11.3. The van der Waals surface area contributed by atoms with Crippen molar-refractivity contribution in [2.45, 2.75) is 84.3 Å². The standard InChI is InChI=1S/C18H30O3/c1-12-15(21-13(2)19)6-8-17(4)7-5-14(11-18(12,17)20)16(3)9-10-16/h12,14-15,20H,5-11H2,1-4H3/t12-,14+,15+,17+,18+/m0/s1. The first-order valence-electron chi connectivity index (χ1n) is 8.60. The minimum atomic E-state index is -0.681. The molecular weight excluding hydrogens is 264 g/mol. The number of hydrogen-bond acceptors (Lipinski definition) is 3. The van der Waals surface area contributed by atoms with Crippen molar-refractivity contribution in [2.75, 3.05) is 0 Å². The van der Waals surface area contributed by atoms with Crippen LogP contribution in [0.4, 0.5) is 0 Å². The van der Waals surface area contributed by atoms with Crippen LogP contribution in [-0.2, 0) is 9.53 Å². The predicted molar refractivity (Wildman–Crippen MR) is 81.7 cm³/mol. The van der Waals surface area contributed by atoms with Crippen LogP contribution in [0.5, 0.6) is 0 Å². The van der Waals surface area contributed by atoms with Crippen molar-refractivity contribution in [3.05, 3.63) is 0 Å². The van der Waals surface area contributed by atoms with Crippen molar-refractivity contribution in [3.63, 3.8) is 0 Å². The third-order valence-electron chi connectivity index (χ3n) is 7.28. The maximum atomic E-state index is 11.6. The van der Waals surface area contributed by atoms with Gasteiger partial charge in [0.2, 0.25) is 0 Å². The first kappa shape index (κ1) is 15.3. The van der Waals surface area contributed by atoms with Crippen LogP contribution >= 0.6 is 0 Å². The average molecular weight is 294 g/mol. The third-order valence-corrected chi connectivity index (χ3v) is 7.28. The molecule has 3 aliphatic carbocycles. The van der Waals surface area contributed by atoms with Gasteiger partial charge in [0.15, 0.2) is 0 Å². The van der Waals surface area contributed by atoms with E-state index < -0.39 is 5.60 Å². The second kappa shape index (κ2) is 4.71. The minimum Gasteiger partial charge on any atom is -0.462 e. The van der Waals surface area contributed by atoms with Gasteiger partial charge in [0.05, 0.1) is 5.60 Å². The summed E-state index contributed by atoms with van der Waals surface area (Å²) < 4.78 is 5.50. The van der Waals surface area contributed by atoms with Crippen molar-refractivity contribution in [1.29, 1.82) is 0 Å². The van der Waals surface area contributed by atoms with Crippen molar-refractivity contribution < 1.29 is 14.6 Å². The molecule has 3 fully saturated rings. The molecule has 0 amide bonds. The summed E-state index contributed by atoms with van der Waals surface area (Å²) in [7, 11) is 0. The third kappa shape index (κ3) is 2.32. The Bertz CT molecular complexity index is 442. The summed E-state index contributed by atoms with van der Waals surface area (Å²) in [5.74, 6) is 0.444. The van der Waals surface area contributed by atoms with E-state index in [1.807, 2.05) is 0 Å². The van der Waals surface area contributed by atoms with Gasteiger partial charge in [-0.1, -0.05) is 20.8 Å². The number of hydrogen-bond donors (Lipinski definition) is 1. The predicted octanol–water partition coefficient (Wildman–Crippen LogP) is 3.69. The summed E-state index contributed by atoms with van der Waals surface area (Å²) in [5, 5.41) is 11.6. The van der Waals surface area contributed by atoms with Crippen LogP contribution in [0.1, 0.15) is 72.6 Å². The van der Waals surface area contributed by atoms with E-state index in [0.29, 0.717) is 11.3 Å². The van der Waals surface area contributed by atoms with Gasteiger partial charge in [0.1, 0.15) is 6.10 Å². The molecule has 0 saturated heterocycles. The number of ether oxygens (including phenoxy) is 1. The molecule has 0 heterocycles. The smallest absolute Gasteiger partial charge is 0.302 e. The summed E-state index contributed by atoms with van der Waals surface area (Å²) in [5.41, 5.74) is -0.226. The summed E-state index contributed by atoms with van der Waals surface area (Å²) >= 11 is 0. The van der Waals surface area contributed by atoms with E-state index in [9.17, 15) is 9.90 Å².